The molecule has 6 nitrogen and oxygen atoms in total. The number of carbonyl (C=O) groups is 1. The molecule has 0 spiro atoms. The van der Waals surface area contributed by atoms with E-state index in [1.165, 1.54) is 5.69 Å². The number of guanidine groups is 1. The van der Waals surface area contributed by atoms with Crippen molar-refractivity contribution < 1.29 is 4.79 Å². The normalized spacial score (nSPS) is 11.2. The van der Waals surface area contributed by atoms with Crippen LogP contribution in [-0.2, 0) is 6.42 Å². The quantitative estimate of drug-likeness (QED) is 0.330. The van der Waals surface area contributed by atoms with Crippen molar-refractivity contribution in [1.82, 2.24) is 15.5 Å². The molecule has 0 aromatic heterocycles. The molecule has 0 saturated heterocycles. The highest BCUT2D eigenvalue weighted by atomic mass is 16.2. The van der Waals surface area contributed by atoms with Crippen LogP contribution in [0.1, 0.15) is 36.2 Å². The monoisotopic (exact) mass is 423 g/mol. The van der Waals surface area contributed by atoms with Crippen LogP contribution in [0, 0.1) is 0 Å². The van der Waals surface area contributed by atoms with Gasteiger partial charge < -0.3 is 20.4 Å². The van der Waals surface area contributed by atoms with Crippen LogP contribution in [0.2, 0.25) is 0 Å². The molecule has 2 rings (SSSR count). The van der Waals surface area contributed by atoms with E-state index in [-0.39, 0.29) is 5.91 Å². The Labute approximate surface area is 187 Å². The Morgan fingerprint density at radius 1 is 1.00 bits per heavy atom. The zero-order chi connectivity index (χ0) is 22.5. The molecular formula is C25H37N5O. The van der Waals surface area contributed by atoms with Crippen LogP contribution < -0.4 is 15.5 Å². The predicted octanol–water partition coefficient (Wildman–Crippen LogP) is 3.40. The maximum absolute atomic E-state index is 12.1. The van der Waals surface area contributed by atoms with Crippen LogP contribution in [-0.4, -0.2) is 63.6 Å². The van der Waals surface area contributed by atoms with Crippen molar-refractivity contribution in [2.24, 2.45) is 4.99 Å². The Balaban J connectivity index is 1.82. The van der Waals surface area contributed by atoms with Crippen LogP contribution in [0.25, 0.3) is 0 Å². The van der Waals surface area contributed by atoms with Crippen LogP contribution in [0.5, 0.6) is 0 Å². The highest BCUT2D eigenvalue weighted by Crippen LogP contribution is 2.13. The molecule has 0 atom stereocenters. The molecule has 2 aromatic rings. The lowest BCUT2D eigenvalue weighted by atomic mass is 10.1. The van der Waals surface area contributed by atoms with Crippen LogP contribution >= 0.6 is 0 Å². The van der Waals surface area contributed by atoms with E-state index in [2.05, 4.69) is 59.7 Å². The highest BCUT2D eigenvalue weighted by molar-refractivity contribution is 5.94. The van der Waals surface area contributed by atoms with E-state index in [9.17, 15) is 4.79 Å². The molecule has 2 N–H and O–H groups in total. The highest BCUT2D eigenvalue weighted by Gasteiger charge is 2.08. The number of rotatable bonds is 11. The van der Waals surface area contributed by atoms with Crippen molar-refractivity contribution in [3.8, 4) is 0 Å². The summed E-state index contributed by atoms with van der Waals surface area (Å²) in [6.45, 7) is 8.58. The largest absolute Gasteiger partial charge is 0.372 e. The number of benzene rings is 2. The SMILES string of the molecule is CCNC(=NCCCN(CC)c1ccccc1)NCCc1cccc(C(=O)N(C)C)c1. The number of para-hydroxylation sites is 1. The van der Waals surface area contributed by atoms with E-state index < -0.39 is 0 Å². The molecule has 0 bridgehead atoms. The summed E-state index contributed by atoms with van der Waals surface area (Å²) >= 11 is 0. The molecule has 6 heteroatoms. The summed E-state index contributed by atoms with van der Waals surface area (Å²) in [5, 5.41) is 6.72. The zero-order valence-corrected chi connectivity index (χ0v) is 19.4. The van der Waals surface area contributed by atoms with Gasteiger partial charge in [-0.15, -0.1) is 0 Å². The molecule has 31 heavy (non-hydrogen) atoms. The Morgan fingerprint density at radius 2 is 1.77 bits per heavy atom. The van der Waals surface area contributed by atoms with Crippen LogP contribution in [0.4, 0.5) is 5.69 Å². The molecular weight excluding hydrogens is 386 g/mol. The topological polar surface area (TPSA) is 60.0 Å². The van der Waals surface area contributed by atoms with Crippen LogP contribution in [0.3, 0.4) is 0 Å². The van der Waals surface area contributed by atoms with Gasteiger partial charge in [-0.2, -0.15) is 0 Å². The van der Waals surface area contributed by atoms with Crippen molar-refractivity contribution >= 4 is 17.6 Å². The minimum Gasteiger partial charge on any atom is -0.372 e. The van der Waals surface area contributed by atoms with Gasteiger partial charge >= 0.3 is 0 Å². The van der Waals surface area contributed by atoms with Crippen molar-refractivity contribution in [3.63, 3.8) is 0 Å². The second-order valence-corrected chi connectivity index (χ2v) is 7.61. The lowest BCUT2D eigenvalue weighted by molar-refractivity contribution is 0.0827. The van der Waals surface area contributed by atoms with Crippen molar-refractivity contribution in [1.29, 1.82) is 0 Å². The summed E-state index contributed by atoms with van der Waals surface area (Å²) in [7, 11) is 3.55. The first kappa shape index (κ1) is 24.3. The number of aliphatic imine (C=N–C) groups is 1. The first-order valence-corrected chi connectivity index (χ1v) is 11.2. The second-order valence-electron chi connectivity index (χ2n) is 7.61. The van der Waals surface area contributed by atoms with E-state index >= 15 is 0 Å². The molecule has 0 fully saturated rings. The molecule has 0 heterocycles. The minimum absolute atomic E-state index is 0.0290. The molecule has 0 saturated carbocycles. The van der Waals surface area contributed by atoms with Crippen molar-refractivity contribution in [2.75, 3.05) is 51.7 Å². The standard InChI is InChI=1S/C25H37N5O/c1-5-26-25(27-17-11-19-30(6-2)23-14-8-7-9-15-23)28-18-16-21-12-10-13-22(20-21)24(31)29(3)4/h7-10,12-15,20H,5-6,11,16-19H2,1-4H3,(H2,26,27,28). The maximum Gasteiger partial charge on any atom is 0.253 e. The van der Waals surface area contributed by atoms with Gasteiger partial charge in [-0.3, -0.25) is 9.79 Å². The number of carbonyl (C=O) groups excluding carboxylic acids is 1. The average Bonchev–Trinajstić information content (AvgIpc) is 2.79. The minimum atomic E-state index is 0.0290. The lowest BCUT2D eigenvalue weighted by Crippen LogP contribution is -2.38. The van der Waals surface area contributed by atoms with Gasteiger partial charge in [0.15, 0.2) is 5.96 Å². The molecule has 0 aliphatic heterocycles. The molecule has 168 valence electrons. The fourth-order valence-corrected chi connectivity index (χ4v) is 3.35. The van der Waals surface area contributed by atoms with Gasteiger partial charge in [0, 0.05) is 58.1 Å². The van der Waals surface area contributed by atoms with Gasteiger partial charge in [0.25, 0.3) is 5.91 Å². The van der Waals surface area contributed by atoms with Gasteiger partial charge in [0.05, 0.1) is 0 Å². The first-order valence-electron chi connectivity index (χ1n) is 11.2. The number of hydrogen-bond donors (Lipinski definition) is 2. The van der Waals surface area contributed by atoms with E-state index in [0.29, 0.717) is 0 Å². The molecule has 1 amide bonds. The fourth-order valence-electron chi connectivity index (χ4n) is 3.35. The number of anilines is 1. The maximum atomic E-state index is 12.1. The molecule has 2 aromatic carbocycles. The van der Waals surface area contributed by atoms with E-state index in [0.717, 1.165) is 62.7 Å². The van der Waals surface area contributed by atoms with Gasteiger partial charge in [0.1, 0.15) is 0 Å². The summed E-state index contributed by atoms with van der Waals surface area (Å²) < 4.78 is 0. The predicted molar refractivity (Wildman–Crippen MR) is 131 cm³/mol. The smallest absolute Gasteiger partial charge is 0.253 e. The Hall–Kier alpha value is -3.02. The van der Waals surface area contributed by atoms with Gasteiger partial charge in [0.2, 0.25) is 0 Å². The first-order chi connectivity index (χ1) is 15.0. The average molecular weight is 424 g/mol. The lowest BCUT2D eigenvalue weighted by Gasteiger charge is -2.22. The summed E-state index contributed by atoms with van der Waals surface area (Å²) in [5.41, 5.74) is 3.12. The third kappa shape index (κ3) is 8.32. The summed E-state index contributed by atoms with van der Waals surface area (Å²) in [6.07, 6.45) is 1.82. The third-order valence-corrected chi connectivity index (χ3v) is 4.99. The third-order valence-electron chi connectivity index (χ3n) is 4.99. The second kappa shape index (κ2) is 13.3. The number of amides is 1. The Kier molecular flexibility index (Phi) is 10.4. The van der Waals surface area contributed by atoms with Gasteiger partial charge in [-0.25, -0.2) is 0 Å². The fraction of sp³-hybridized carbons (Fsp3) is 0.440. The van der Waals surface area contributed by atoms with Crippen LogP contribution in [0.15, 0.2) is 59.6 Å². The molecule has 0 radical (unpaired) electrons. The Morgan fingerprint density at radius 3 is 2.45 bits per heavy atom. The van der Waals surface area contributed by atoms with Crippen molar-refractivity contribution in [2.45, 2.75) is 26.7 Å². The zero-order valence-electron chi connectivity index (χ0n) is 19.4. The Bertz CT molecular complexity index is 820. The van der Waals surface area contributed by atoms with Gasteiger partial charge in [-0.1, -0.05) is 30.3 Å². The summed E-state index contributed by atoms with van der Waals surface area (Å²) in [6, 6.07) is 18.3. The molecule has 0 aliphatic rings. The summed E-state index contributed by atoms with van der Waals surface area (Å²) in [4.78, 5) is 20.8. The molecule has 0 unspecified atom stereocenters. The van der Waals surface area contributed by atoms with E-state index in [4.69, 9.17) is 4.99 Å². The summed E-state index contributed by atoms with van der Waals surface area (Å²) in [5.74, 6) is 0.868. The van der Waals surface area contributed by atoms with Crippen molar-refractivity contribution in [3.05, 3.63) is 65.7 Å². The van der Waals surface area contributed by atoms with E-state index in [1.807, 2.05) is 24.3 Å². The number of nitrogens with zero attached hydrogens (tertiary/aromatic N) is 3. The van der Waals surface area contributed by atoms with Gasteiger partial charge in [-0.05, 0) is 56.5 Å². The molecule has 0 aliphatic carbocycles. The van der Waals surface area contributed by atoms with E-state index in [1.54, 1.807) is 19.0 Å². The number of hydrogen-bond acceptors (Lipinski definition) is 3. The number of nitrogens with one attached hydrogen (secondary N) is 2.